The highest BCUT2D eigenvalue weighted by Gasteiger charge is 2.24. The average Bonchev–Trinajstić information content (AvgIpc) is 3.37. The molecule has 8 heteroatoms. The average molecular weight is 543 g/mol. The molecule has 0 aliphatic rings. The molecule has 0 aliphatic carbocycles. The molecule has 0 atom stereocenters. The first-order chi connectivity index (χ1) is 19.3. The van der Waals surface area contributed by atoms with Crippen molar-refractivity contribution in [1.29, 1.82) is 0 Å². The highest BCUT2D eigenvalue weighted by Crippen LogP contribution is 2.26. The number of carbonyl (C=O) groups excluding carboxylic acids is 2. The molecule has 0 unspecified atom stereocenters. The van der Waals surface area contributed by atoms with Crippen LogP contribution in [0.4, 0.5) is 10.5 Å². The summed E-state index contributed by atoms with van der Waals surface area (Å²) in [7, 11) is 3.11. The number of nitrogens with zero attached hydrogens (tertiary/aromatic N) is 2. The summed E-state index contributed by atoms with van der Waals surface area (Å²) < 4.78 is 10.6. The Kier molecular flexibility index (Phi) is 9.32. The van der Waals surface area contributed by atoms with Gasteiger partial charge in [0.05, 0.1) is 14.2 Å². The van der Waals surface area contributed by atoms with Crippen molar-refractivity contribution in [3.63, 3.8) is 0 Å². The van der Waals surface area contributed by atoms with E-state index in [1.165, 1.54) is 0 Å². The number of aromatic nitrogens is 1. The van der Waals surface area contributed by atoms with Crippen molar-refractivity contribution in [2.75, 3.05) is 32.6 Å². The molecule has 0 aliphatic heterocycles. The summed E-state index contributed by atoms with van der Waals surface area (Å²) in [6, 6.07) is 20.9. The van der Waals surface area contributed by atoms with Gasteiger partial charge in [-0.2, -0.15) is 0 Å². The van der Waals surface area contributed by atoms with Gasteiger partial charge in [-0.25, -0.2) is 4.79 Å². The number of hydrogen-bond donors (Lipinski definition) is 2. The quantitative estimate of drug-likeness (QED) is 0.243. The van der Waals surface area contributed by atoms with E-state index in [9.17, 15) is 9.59 Å². The predicted octanol–water partition coefficient (Wildman–Crippen LogP) is 6.01. The van der Waals surface area contributed by atoms with Crippen LogP contribution in [-0.4, -0.2) is 60.1 Å². The number of methoxy groups -OCH3 is 2. The maximum absolute atomic E-state index is 13.8. The first kappa shape index (κ1) is 28.5. The summed E-state index contributed by atoms with van der Waals surface area (Å²) in [5, 5.41) is 4.05. The molecular weight excluding hydrogens is 504 g/mol. The molecule has 1 heterocycles. The van der Waals surface area contributed by atoms with Crippen molar-refractivity contribution in [1.82, 2.24) is 14.8 Å². The molecule has 4 aromatic rings. The number of hydrogen-bond acceptors (Lipinski definition) is 4. The van der Waals surface area contributed by atoms with E-state index < -0.39 is 0 Å². The summed E-state index contributed by atoms with van der Waals surface area (Å²) in [5.74, 6) is 0.999. The third kappa shape index (κ3) is 7.14. The predicted molar refractivity (Wildman–Crippen MR) is 159 cm³/mol. The Morgan fingerprint density at radius 1 is 0.950 bits per heavy atom. The third-order valence-corrected chi connectivity index (χ3v) is 6.97. The van der Waals surface area contributed by atoms with Gasteiger partial charge in [-0.1, -0.05) is 48.0 Å². The molecule has 1 aromatic heterocycles. The van der Waals surface area contributed by atoms with E-state index >= 15 is 0 Å². The lowest BCUT2D eigenvalue weighted by atomic mass is 10.1. The van der Waals surface area contributed by atoms with Crippen molar-refractivity contribution >= 4 is 28.5 Å². The maximum Gasteiger partial charge on any atom is 0.322 e. The zero-order chi connectivity index (χ0) is 28.6. The van der Waals surface area contributed by atoms with Crippen LogP contribution in [0.5, 0.6) is 11.5 Å². The minimum absolute atomic E-state index is 0.0512. The molecule has 210 valence electrons. The molecule has 0 spiro atoms. The number of rotatable bonds is 11. The van der Waals surface area contributed by atoms with Gasteiger partial charge in [-0.05, 0) is 44.4 Å². The lowest BCUT2D eigenvalue weighted by Crippen LogP contribution is -2.47. The van der Waals surface area contributed by atoms with Crippen molar-refractivity contribution in [2.45, 2.75) is 39.8 Å². The van der Waals surface area contributed by atoms with E-state index in [1.54, 1.807) is 37.3 Å². The van der Waals surface area contributed by atoms with Crippen LogP contribution >= 0.6 is 0 Å². The Morgan fingerprint density at radius 2 is 1.62 bits per heavy atom. The number of benzene rings is 3. The second-order valence-electron chi connectivity index (χ2n) is 10.2. The second kappa shape index (κ2) is 13.1. The van der Waals surface area contributed by atoms with Crippen LogP contribution in [0, 0.1) is 6.92 Å². The molecule has 0 saturated carbocycles. The number of amides is 3. The molecule has 0 radical (unpaired) electrons. The van der Waals surface area contributed by atoms with Gasteiger partial charge in [0.15, 0.2) is 0 Å². The van der Waals surface area contributed by atoms with Crippen LogP contribution in [0.2, 0.25) is 0 Å². The van der Waals surface area contributed by atoms with Crippen LogP contribution in [0.15, 0.2) is 72.9 Å². The molecule has 3 aromatic carbocycles. The van der Waals surface area contributed by atoms with Crippen LogP contribution in [0.3, 0.4) is 0 Å². The molecular formula is C32H38N4O4. The number of nitrogens with one attached hydrogen (secondary N) is 2. The van der Waals surface area contributed by atoms with Crippen LogP contribution in [0.1, 0.15) is 30.5 Å². The number of H-pyrrole nitrogens is 1. The van der Waals surface area contributed by atoms with E-state index in [1.807, 2.05) is 74.3 Å². The highest BCUT2D eigenvalue weighted by atomic mass is 16.5. The molecule has 4 rings (SSSR count). The fraction of sp³-hybridized carbons (Fsp3) is 0.312. The summed E-state index contributed by atoms with van der Waals surface area (Å²) in [4.78, 5) is 33.8. The van der Waals surface area contributed by atoms with Crippen LogP contribution in [0.25, 0.3) is 10.9 Å². The van der Waals surface area contributed by atoms with Gasteiger partial charge < -0.3 is 29.6 Å². The fourth-order valence-corrected chi connectivity index (χ4v) is 4.61. The monoisotopic (exact) mass is 542 g/mol. The fourth-order valence-electron chi connectivity index (χ4n) is 4.61. The molecule has 0 bridgehead atoms. The van der Waals surface area contributed by atoms with E-state index in [2.05, 4.69) is 16.4 Å². The lowest BCUT2D eigenvalue weighted by Gasteiger charge is -2.30. The zero-order valence-corrected chi connectivity index (χ0v) is 23.9. The Hall–Kier alpha value is -4.46. The van der Waals surface area contributed by atoms with Crippen molar-refractivity contribution < 1.29 is 19.1 Å². The van der Waals surface area contributed by atoms with Crippen LogP contribution < -0.4 is 14.8 Å². The van der Waals surface area contributed by atoms with Gasteiger partial charge in [0, 0.05) is 60.1 Å². The molecule has 40 heavy (non-hydrogen) atoms. The van der Waals surface area contributed by atoms with Crippen molar-refractivity contribution in [3.05, 3.63) is 89.6 Å². The number of aromatic amines is 1. The molecule has 3 amide bonds. The van der Waals surface area contributed by atoms with Gasteiger partial charge in [-0.15, -0.1) is 0 Å². The smallest absolute Gasteiger partial charge is 0.322 e. The molecule has 2 N–H and O–H groups in total. The van der Waals surface area contributed by atoms with Gasteiger partial charge >= 0.3 is 6.03 Å². The largest absolute Gasteiger partial charge is 0.497 e. The number of fused-ring (bicyclic) bond motifs is 1. The number of urea groups is 1. The first-order valence-electron chi connectivity index (χ1n) is 13.5. The standard InChI is InChI=1S/C32H38N4O4/c1-22(2)36(32(38)34-26-16-27(39-4)18-28(17-26)40-5)21-31(37)35(20-24-12-10-23(3)11-13-24)15-14-25-19-33-30-9-7-6-8-29(25)30/h6-13,16-19,22,33H,14-15,20-21H2,1-5H3,(H,34,38). The summed E-state index contributed by atoms with van der Waals surface area (Å²) >= 11 is 0. The Balaban J connectivity index is 1.52. The van der Waals surface area contributed by atoms with Gasteiger partial charge in [0.1, 0.15) is 18.0 Å². The minimum atomic E-state index is -0.370. The zero-order valence-electron chi connectivity index (χ0n) is 23.9. The molecule has 0 saturated heterocycles. The Morgan fingerprint density at radius 3 is 2.27 bits per heavy atom. The highest BCUT2D eigenvalue weighted by molar-refractivity contribution is 5.93. The van der Waals surface area contributed by atoms with Crippen LogP contribution in [-0.2, 0) is 17.8 Å². The molecule has 8 nitrogen and oxygen atoms in total. The summed E-state index contributed by atoms with van der Waals surface area (Å²) in [5.41, 5.74) is 4.96. The topological polar surface area (TPSA) is 86.9 Å². The summed E-state index contributed by atoms with van der Waals surface area (Å²) in [6.45, 7) is 6.77. The number of aryl methyl sites for hydroxylation is 1. The van der Waals surface area contributed by atoms with Crippen molar-refractivity contribution in [3.8, 4) is 11.5 Å². The second-order valence-corrected chi connectivity index (χ2v) is 10.2. The Labute approximate surface area is 235 Å². The van der Waals surface area contributed by atoms with Crippen molar-refractivity contribution in [2.24, 2.45) is 0 Å². The van der Waals surface area contributed by atoms with E-state index in [4.69, 9.17) is 9.47 Å². The van der Waals surface area contributed by atoms with E-state index in [0.29, 0.717) is 36.7 Å². The Bertz CT molecular complexity index is 1420. The lowest BCUT2D eigenvalue weighted by molar-refractivity contribution is -0.132. The summed E-state index contributed by atoms with van der Waals surface area (Å²) in [6.07, 6.45) is 2.70. The van der Waals surface area contributed by atoms with E-state index in [0.717, 1.165) is 27.6 Å². The van der Waals surface area contributed by atoms with E-state index in [-0.39, 0.29) is 24.5 Å². The maximum atomic E-state index is 13.8. The minimum Gasteiger partial charge on any atom is -0.497 e. The first-order valence-corrected chi connectivity index (χ1v) is 13.5. The number of anilines is 1. The number of carbonyl (C=O) groups is 2. The van der Waals surface area contributed by atoms with Gasteiger partial charge in [0.25, 0.3) is 0 Å². The third-order valence-electron chi connectivity index (χ3n) is 6.97. The SMILES string of the molecule is COc1cc(NC(=O)N(CC(=O)N(CCc2c[nH]c3ccccc23)Cc2ccc(C)cc2)C(C)C)cc(OC)c1. The van der Waals surface area contributed by atoms with Gasteiger partial charge in [0.2, 0.25) is 5.91 Å². The van der Waals surface area contributed by atoms with Gasteiger partial charge in [-0.3, -0.25) is 4.79 Å². The molecule has 0 fully saturated rings. The number of para-hydroxylation sites is 1. The normalized spacial score (nSPS) is 10.9. The number of ether oxygens (including phenoxy) is 2.